The van der Waals surface area contributed by atoms with Crippen molar-refractivity contribution in [2.75, 3.05) is 50.7 Å². The number of hydrogen-bond donors (Lipinski definition) is 11. The SMILES string of the molecule is CO[C@@H]1C(O)[C@H]([n+]2cn(C)c3c(=O)[nH]c(N)nc32)O[C@@H]1COP(=O)(O)OP(=O)(O)OP(=O)(O)OC[C@]12CN(C(C)=O)[C@@H](C1O[P+](=O)OC[C@H]1O[C@@H](n3cnc4c(=O)[nH]c(N)nc43)[C@@H](O)C1O)[C@H](n1cnc3c(N)ncnc31)O2. The molecule has 2 bridgehead atoms. The van der Waals surface area contributed by atoms with Crippen molar-refractivity contribution in [1.29, 1.82) is 0 Å². The molecule has 10 rings (SSSR count). The lowest BCUT2D eigenvalue weighted by atomic mass is 10.0. The van der Waals surface area contributed by atoms with Crippen LogP contribution < -0.4 is 32.9 Å². The number of aliphatic hydroxyl groups excluding tert-OH is 3. The van der Waals surface area contributed by atoms with E-state index in [4.69, 9.17) is 54.2 Å². The average Bonchev–Trinajstić information content (AvgIpc) is 4.44. The molecule has 4 aliphatic heterocycles. The lowest BCUT2D eigenvalue weighted by molar-refractivity contribution is -0.745. The number of hydrogen-bond acceptors (Lipinski definition) is 29. The molecule has 0 spiro atoms. The van der Waals surface area contributed by atoms with E-state index in [0.717, 1.165) is 36.2 Å². The summed E-state index contributed by atoms with van der Waals surface area (Å²) >= 11 is 0. The maximum Gasteiger partial charge on any atom is 0.697 e. The van der Waals surface area contributed by atoms with E-state index in [9.17, 15) is 62.6 Å². The Labute approximate surface area is 433 Å². The molecule has 6 aromatic rings. The molecule has 16 atom stereocenters. The number of aromatic amines is 2. The number of nitrogens with two attached hydrogens (primary N) is 3. The van der Waals surface area contributed by atoms with Gasteiger partial charge in [0.1, 0.15) is 66.7 Å². The smallest absolute Gasteiger partial charge is 0.387 e. The van der Waals surface area contributed by atoms with Crippen LogP contribution in [0.5, 0.6) is 0 Å². The Morgan fingerprint density at radius 3 is 2.23 bits per heavy atom. The number of morpholine rings is 1. The van der Waals surface area contributed by atoms with E-state index in [2.05, 4.69) is 48.5 Å². The number of methoxy groups -OCH3 is 1. The van der Waals surface area contributed by atoms with Crippen molar-refractivity contribution < 1.29 is 103 Å². The van der Waals surface area contributed by atoms with Gasteiger partial charge in [0.05, 0.1) is 39.5 Å². The maximum absolute atomic E-state index is 13.8. The summed E-state index contributed by atoms with van der Waals surface area (Å²) in [6, 6.07) is -1.36. The molecule has 78 heavy (non-hydrogen) atoms. The van der Waals surface area contributed by atoms with Crippen molar-refractivity contribution in [3.63, 3.8) is 0 Å². The minimum atomic E-state index is -6.20. The molecule has 10 heterocycles. The highest BCUT2D eigenvalue weighted by atomic mass is 31.3. The highest BCUT2D eigenvalue weighted by molar-refractivity contribution is 7.66. The second-order valence-electron chi connectivity index (χ2n) is 17.8. The topological polar surface area (TPSA) is 542 Å². The zero-order valence-electron chi connectivity index (χ0n) is 40.1. The molecule has 4 saturated heterocycles. The molecule has 43 heteroatoms. The summed E-state index contributed by atoms with van der Waals surface area (Å²) in [7, 11) is -18.8. The van der Waals surface area contributed by atoms with Crippen molar-refractivity contribution >= 4 is 88.8 Å². The van der Waals surface area contributed by atoms with Crippen LogP contribution in [0.25, 0.3) is 33.5 Å². The molecule has 6 aromatic heterocycles. The van der Waals surface area contributed by atoms with Crippen molar-refractivity contribution in [2.45, 2.75) is 80.0 Å². The van der Waals surface area contributed by atoms with Gasteiger partial charge in [-0.1, -0.05) is 4.98 Å². The van der Waals surface area contributed by atoms with Crippen LogP contribution in [0, 0.1) is 0 Å². The molecule has 0 aliphatic carbocycles. The number of ether oxygens (including phenoxy) is 4. The van der Waals surface area contributed by atoms with Gasteiger partial charge >= 0.3 is 37.4 Å². The number of carbonyl (C=O) groups excluding carboxylic acids is 1. The van der Waals surface area contributed by atoms with Gasteiger partial charge in [-0.15, -0.1) is 9.05 Å². The summed E-state index contributed by atoms with van der Waals surface area (Å²) in [6.07, 6.45) is -10.4. The second kappa shape index (κ2) is 20.4. The summed E-state index contributed by atoms with van der Waals surface area (Å²) in [4.78, 5) is 100. The van der Waals surface area contributed by atoms with Gasteiger partial charge in [-0.25, -0.2) is 38.2 Å². The molecule has 1 amide bonds. The Hall–Kier alpha value is -5.73. The third-order valence-corrected chi connectivity index (χ3v) is 17.9. The number of aromatic nitrogens is 12. The molecule has 7 unspecified atom stereocenters. The Morgan fingerprint density at radius 2 is 1.53 bits per heavy atom. The third kappa shape index (κ3) is 10.1. The normalized spacial score (nSPS) is 30.6. The summed E-state index contributed by atoms with van der Waals surface area (Å²) < 4.78 is 112. The number of nitrogens with one attached hydrogen (secondary N) is 2. The monoisotopic (exact) mass is 1180 g/mol. The van der Waals surface area contributed by atoms with Gasteiger partial charge in [0, 0.05) is 18.6 Å². The molecule has 14 N–H and O–H groups in total. The van der Waals surface area contributed by atoms with Crippen molar-refractivity contribution in [2.24, 2.45) is 7.05 Å². The van der Waals surface area contributed by atoms with Gasteiger partial charge < -0.3 is 71.0 Å². The molecule has 4 aliphatic rings. The van der Waals surface area contributed by atoms with Crippen LogP contribution >= 0.6 is 31.7 Å². The molecular weight excluding hydrogens is 1140 g/mol. The minimum Gasteiger partial charge on any atom is -0.387 e. The number of imidazole rings is 3. The fourth-order valence-corrected chi connectivity index (χ4v) is 14.0. The number of carbonyl (C=O) groups is 1. The number of nitrogen functional groups attached to an aromatic ring is 3. The van der Waals surface area contributed by atoms with Crippen molar-refractivity contribution in [3.8, 4) is 0 Å². The van der Waals surface area contributed by atoms with E-state index in [1.54, 1.807) is 0 Å². The molecule has 4 fully saturated rings. The van der Waals surface area contributed by atoms with Crippen molar-refractivity contribution in [3.05, 3.63) is 46.0 Å². The van der Waals surface area contributed by atoms with E-state index >= 15 is 0 Å². The van der Waals surface area contributed by atoms with Gasteiger partial charge in [0.15, 0.2) is 47.5 Å². The van der Waals surface area contributed by atoms with Crippen LogP contribution in [0.3, 0.4) is 0 Å². The number of phosphoric acid groups is 3. The fraction of sp³-hybridized carbons (Fsp3) is 0.543. The highest BCUT2D eigenvalue weighted by Crippen LogP contribution is 2.68. The molecule has 39 nitrogen and oxygen atoms in total. The third-order valence-electron chi connectivity index (χ3n) is 12.9. The zero-order valence-corrected chi connectivity index (χ0v) is 43.6. The first-order valence-corrected chi connectivity index (χ1v) is 28.0. The number of aliphatic hydroxyl groups is 3. The molecule has 0 saturated carbocycles. The van der Waals surface area contributed by atoms with Gasteiger partial charge in [-0.2, -0.15) is 13.6 Å². The Bertz CT molecular complexity index is 3640. The number of anilines is 3. The predicted molar refractivity (Wildman–Crippen MR) is 251 cm³/mol. The Morgan fingerprint density at radius 1 is 0.859 bits per heavy atom. The van der Waals surface area contributed by atoms with E-state index < -0.39 is 148 Å². The molecular formula is C35H46N16O23P4+2. The number of phosphoric ester groups is 2. The number of rotatable bonds is 19. The van der Waals surface area contributed by atoms with Crippen LogP contribution in [0.2, 0.25) is 0 Å². The number of aryl methyl sites for hydroxylation is 1. The van der Waals surface area contributed by atoms with Gasteiger partial charge in [-0.05, 0) is 0 Å². The number of likely N-dealkylation sites (tertiary alicyclic amines) is 1. The van der Waals surface area contributed by atoms with E-state index in [1.165, 1.54) is 33.4 Å². The zero-order chi connectivity index (χ0) is 56.1. The van der Waals surface area contributed by atoms with Crippen LogP contribution in [0.1, 0.15) is 25.6 Å². The van der Waals surface area contributed by atoms with Gasteiger partial charge in [-0.3, -0.25) is 47.1 Å². The number of amides is 1. The summed E-state index contributed by atoms with van der Waals surface area (Å²) in [6.45, 7) is -2.45. The van der Waals surface area contributed by atoms with Gasteiger partial charge in [0.2, 0.25) is 23.6 Å². The van der Waals surface area contributed by atoms with Crippen LogP contribution in [-0.2, 0) is 75.8 Å². The van der Waals surface area contributed by atoms with Crippen LogP contribution in [0.15, 0.2) is 34.9 Å². The standard InChI is InChI=1S/C35H44N16O23P4/c1-12(52)48-6-35(7-68-77(61,62)74-78(63,64)73-76(59,60)67-5-14-22(65-3)21(55)32(70-14)51-11-47(2)18-27(51)44-34(38)46-29(18)57)23(17(48)30(71-35)49-9-41-15-24(36)39-8-40-25(15)49)72-75(58)66-4-13-19(53)20(54)31(69-13)50-10-42-16-26(50)43-33(37)45-28(16)56/h8-11,13-14,17,19-23,30-32,53-55H,4-7H2,1-3H3,(H9-2,36,37,38,39,40,43,44,45,46,56,57,59,60,61,62,63,64)/p+2/t13-,14-,17+,19?,20+,21?,22+,23?,30-,31-,32-,35-/m1/s1. The van der Waals surface area contributed by atoms with Crippen LogP contribution in [-0.4, -0.2) is 182 Å². The number of H-pyrrole nitrogens is 2. The quantitative estimate of drug-likeness (QED) is 0.0273. The highest BCUT2D eigenvalue weighted by Gasteiger charge is 2.70. The maximum atomic E-state index is 13.8. The van der Waals surface area contributed by atoms with E-state index in [-0.39, 0.29) is 51.2 Å². The number of nitrogens with zero attached hydrogens (tertiary/aromatic N) is 11. The minimum absolute atomic E-state index is 0.0234. The summed E-state index contributed by atoms with van der Waals surface area (Å²) in [5.74, 6) is -1.31. The summed E-state index contributed by atoms with van der Waals surface area (Å²) in [5, 5.41) is 33.0. The first-order chi connectivity index (χ1) is 36.7. The Balaban J connectivity index is 0.833. The van der Waals surface area contributed by atoms with Crippen molar-refractivity contribution in [1.82, 2.24) is 58.5 Å². The largest absolute Gasteiger partial charge is 0.697 e. The lowest BCUT2D eigenvalue weighted by Gasteiger charge is -2.36. The molecule has 422 valence electrons. The first kappa shape index (κ1) is 55.6. The second-order valence-corrected chi connectivity index (χ2v) is 23.4. The van der Waals surface area contributed by atoms with E-state index in [1.807, 2.05) is 0 Å². The lowest BCUT2D eigenvalue weighted by Crippen LogP contribution is -2.49. The number of fused-ring (bicyclic) bond motifs is 5. The molecule has 0 aromatic carbocycles. The Kier molecular flexibility index (Phi) is 14.6. The van der Waals surface area contributed by atoms with E-state index in [0.29, 0.717) is 0 Å². The summed E-state index contributed by atoms with van der Waals surface area (Å²) in [5.41, 5.74) is 13.7. The predicted octanol–water partition coefficient (Wildman–Crippen LogP) is -3.91. The average molecular weight is 1180 g/mol. The molecule has 0 radical (unpaired) electrons. The first-order valence-electron chi connectivity index (χ1n) is 22.4. The van der Waals surface area contributed by atoms with Gasteiger partial charge in [0.25, 0.3) is 17.1 Å². The van der Waals surface area contributed by atoms with Crippen LogP contribution in [0.4, 0.5) is 17.7 Å². The fourth-order valence-electron chi connectivity index (χ4n) is 9.59.